The highest BCUT2D eigenvalue weighted by Crippen LogP contribution is 2.50. The van der Waals surface area contributed by atoms with Crippen LogP contribution in [0.2, 0.25) is 0 Å². The van der Waals surface area contributed by atoms with Gasteiger partial charge in [0, 0.05) is 6.20 Å². The van der Waals surface area contributed by atoms with E-state index in [1.54, 1.807) is 45.9 Å². The molecule has 1 fully saturated rings. The summed E-state index contributed by atoms with van der Waals surface area (Å²) >= 11 is 0. The van der Waals surface area contributed by atoms with Crippen LogP contribution in [0.25, 0.3) is 0 Å². The summed E-state index contributed by atoms with van der Waals surface area (Å²) in [5, 5.41) is 12.8. The van der Waals surface area contributed by atoms with E-state index >= 15 is 0 Å². The monoisotopic (exact) mass is 605 g/mol. The molecule has 0 aliphatic carbocycles. The van der Waals surface area contributed by atoms with Crippen LogP contribution in [0.3, 0.4) is 0 Å². The summed E-state index contributed by atoms with van der Waals surface area (Å²) in [6.07, 6.45) is -2.89. The van der Waals surface area contributed by atoms with Crippen LogP contribution < -0.4 is 21.0 Å². The first-order valence-corrected chi connectivity index (χ1v) is 14.8. The van der Waals surface area contributed by atoms with Crippen LogP contribution in [-0.4, -0.2) is 52.5 Å². The Morgan fingerprint density at radius 2 is 1.86 bits per heavy atom. The predicted octanol–water partition coefficient (Wildman–Crippen LogP) is 2.95. The van der Waals surface area contributed by atoms with Gasteiger partial charge in [0.05, 0.1) is 24.7 Å². The molecule has 14 nitrogen and oxygen atoms in total. The fourth-order valence-electron chi connectivity index (χ4n) is 4.07. The lowest BCUT2D eigenvalue weighted by molar-refractivity contribution is -0.159. The third kappa shape index (κ3) is 7.74. The highest BCUT2D eigenvalue weighted by molar-refractivity contribution is 7.52. The topological polar surface area (TPSA) is 194 Å². The molecular weight excluding hydrogens is 569 g/mol. The first-order chi connectivity index (χ1) is 19.7. The Bertz CT molecular complexity index is 1410. The van der Waals surface area contributed by atoms with Crippen LogP contribution in [0.15, 0.2) is 47.4 Å². The van der Waals surface area contributed by atoms with Crippen molar-refractivity contribution in [2.24, 2.45) is 11.3 Å². The summed E-state index contributed by atoms with van der Waals surface area (Å²) in [7, 11) is -4.34. The Hall–Kier alpha value is -3.76. The van der Waals surface area contributed by atoms with E-state index in [2.05, 4.69) is 16.1 Å². The quantitative estimate of drug-likeness (QED) is 0.265. The summed E-state index contributed by atoms with van der Waals surface area (Å²) in [5.74, 6) is -1.75. The second-order valence-electron chi connectivity index (χ2n) is 10.5. The van der Waals surface area contributed by atoms with Gasteiger partial charge in [-0.3, -0.25) is 18.7 Å². The van der Waals surface area contributed by atoms with Crippen molar-refractivity contribution in [3.63, 3.8) is 0 Å². The number of nitrogen functional groups attached to an aromatic ring is 1. The van der Waals surface area contributed by atoms with Gasteiger partial charge in [-0.05, 0) is 45.9 Å². The molecule has 42 heavy (non-hydrogen) atoms. The molecule has 1 aliphatic heterocycles. The second kappa shape index (κ2) is 13.5. The van der Waals surface area contributed by atoms with Crippen molar-refractivity contribution in [1.82, 2.24) is 14.6 Å². The van der Waals surface area contributed by atoms with Gasteiger partial charge in [0.2, 0.25) is 0 Å². The van der Waals surface area contributed by atoms with Crippen LogP contribution in [0, 0.1) is 22.7 Å². The second-order valence-corrected chi connectivity index (χ2v) is 12.2. The first-order valence-electron chi connectivity index (χ1n) is 13.3. The summed E-state index contributed by atoms with van der Waals surface area (Å²) in [6, 6.07) is 10.5. The molecule has 3 rings (SSSR count). The molecule has 0 bridgehead atoms. The van der Waals surface area contributed by atoms with E-state index in [0.29, 0.717) is 0 Å². The van der Waals surface area contributed by atoms with Gasteiger partial charge in [-0.25, -0.2) is 9.36 Å². The Morgan fingerprint density at radius 3 is 2.43 bits per heavy atom. The number of aromatic nitrogens is 2. The lowest BCUT2D eigenvalue weighted by atomic mass is 9.83. The Morgan fingerprint density at radius 1 is 1.19 bits per heavy atom. The number of hydrogen-bond acceptors (Lipinski definition) is 12. The smallest absolute Gasteiger partial charge is 0.459 e. The maximum absolute atomic E-state index is 14.0. The molecule has 3 N–H and O–H groups in total. The molecule has 1 aliphatic rings. The number of nitrogens with zero attached hydrogens (tertiary/aromatic N) is 3. The lowest BCUT2D eigenvalue weighted by Crippen LogP contribution is -2.43. The maximum atomic E-state index is 14.0. The van der Waals surface area contributed by atoms with Crippen molar-refractivity contribution in [3.05, 3.63) is 53.1 Å². The molecule has 1 saturated heterocycles. The van der Waals surface area contributed by atoms with Gasteiger partial charge in [0.15, 0.2) is 12.3 Å². The largest absolute Gasteiger partial charge is 0.462 e. The normalized spacial score (nSPS) is 24.0. The first kappa shape index (κ1) is 32.8. The number of esters is 2. The van der Waals surface area contributed by atoms with Crippen molar-refractivity contribution in [2.75, 3.05) is 12.3 Å². The Labute approximate surface area is 243 Å². The van der Waals surface area contributed by atoms with E-state index in [4.69, 9.17) is 29.0 Å². The minimum Gasteiger partial charge on any atom is -0.462 e. The zero-order chi connectivity index (χ0) is 31.2. The lowest BCUT2D eigenvalue weighted by Gasteiger charge is -2.29. The zero-order valence-electron chi connectivity index (χ0n) is 24.3. The van der Waals surface area contributed by atoms with Gasteiger partial charge in [-0.2, -0.15) is 15.3 Å². The van der Waals surface area contributed by atoms with Crippen LogP contribution in [0.1, 0.15) is 47.8 Å². The number of para-hydroxylation sites is 1. The van der Waals surface area contributed by atoms with E-state index in [9.17, 15) is 24.2 Å². The summed E-state index contributed by atoms with van der Waals surface area (Å²) in [6.45, 7) is 8.91. The minimum atomic E-state index is -4.34. The van der Waals surface area contributed by atoms with Gasteiger partial charge >= 0.3 is 25.4 Å². The Balaban J connectivity index is 1.96. The molecular formula is C27H36N5O9P. The number of anilines is 1. The Kier molecular flexibility index (Phi) is 10.5. The maximum Gasteiger partial charge on any atom is 0.459 e. The minimum absolute atomic E-state index is 0.0363. The van der Waals surface area contributed by atoms with E-state index in [0.717, 1.165) is 4.57 Å². The average molecular weight is 606 g/mol. The number of nitrogens with one attached hydrogen (secondary N) is 1. The number of nitrogens with two attached hydrogens (primary N) is 1. The molecule has 1 aromatic carbocycles. The van der Waals surface area contributed by atoms with Crippen LogP contribution in [0.4, 0.5) is 5.82 Å². The molecule has 2 heterocycles. The molecule has 2 aromatic rings. The number of benzene rings is 1. The number of ether oxygens (including phenoxy) is 3. The van der Waals surface area contributed by atoms with Gasteiger partial charge in [0.1, 0.15) is 29.1 Å². The number of rotatable bonds is 12. The highest BCUT2D eigenvalue weighted by atomic mass is 31.2. The van der Waals surface area contributed by atoms with E-state index < -0.39 is 73.9 Å². The van der Waals surface area contributed by atoms with Gasteiger partial charge in [0.25, 0.3) is 0 Å². The van der Waals surface area contributed by atoms with Gasteiger partial charge in [-0.1, -0.05) is 32.0 Å². The number of nitriles is 1. The molecule has 2 unspecified atom stereocenters. The molecule has 0 spiro atoms. The number of hydrogen-bond donors (Lipinski definition) is 2. The number of carbonyl (C=O) groups excluding carboxylic acids is 2. The molecule has 1 aromatic heterocycles. The van der Waals surface area contributed by atoms with Crippen molar-refractivity contribution >= 4 is 25.5 Å². The summed E-state index contributed by atoms with van der Waals surface area (Å²) in [5.41, 5.74) is 3.21. The van der Waals surface area contributed by atoms with Crippen molar-refractivity contribution in [1.29, 1.82) is 5.26 Å². The van der Waals surface area contributed by atoms with Crippen LogP contribution >= 0.6 is 7.75 Å². The molecule has 15 heteroatoms. The molecule has 228 valence electrons. The fourth-order valence-corrected chi connectivity index (χ4v) is 5.58. The van der Waals surface area contributed by atoms with Crippen molar-refractivity contribution in [3.8, 4) is 11.8 Å². The third-order valence-corrected chi connectivity index (χ3v) is 7.88. The van der Waals surface area contributed by atoms with Crippen molar-refractivity contribution in [2.45, 2.75) is 72.1 Å². The van der Waals surface area contributed by atoms with Crippen LogP contribution in [0.5, 0.6) is 5.75 Å². The van der Waals surface area contributed by atoms with Gasteiger partial charge in [-0.15, -0.1) is 0 Å². The molecule has 0 saturated carbocycles. The van der Waals surface area contributed by atoms with Crippen molar-refractivity contribution < 1.29 is 37.4 Å². The van der Waals surface area contributed by atoms with Gasteiger partial charge < -0.3 is 24.5 Å². The predicted molar refractivity (Wildman–Crippen MR) is 150 cm³/mol. The fraction of sp³-hybridized carbons (Fsp3) is 0.519. The number of carbonyl (C=O) groups is 2. The summed E-state index contributed by atoms with van der Waals surface area (Å²) in [4.78, 5) is 41.5. The van der Waals surface area contributed by atoms with E-state index in [1.807, 2.05) is 0 Å². The van der Waals surface area contributed by atoms with Crippen LogP contribution in [-0.2, 0) is 32.9 Å². The zero-order valence-corrected chi connectivity index (χ0v) is 25.1. The van der Waals surface area contributed by atoms with E-state index in [1.165, 1.54) is 38.2 Å². The van der Waals surface area contributed by atoms with E-state index in [-0.39, 0.29) is 11.6 Å². The molecule has 0 radical (unpaired) electrons. The summed E-state index contributed by atoms with van der Waals surface area (Å²) < 4.78 is 43.4. The SMILES string of the molecule is CC(C)OC(=O)[C@H](C)NP(=O)(OCC1O[C@@H](n2ccc(N)nc2=O)[C@](C)(C#N)[C@@H]1OC(=O)C(C)C)Oc1ccccc1. The molecule has 0 amide bonds. The third-order valence-electron chi connectivity index (χ3n) is 6.24. The molecule has 6 atom stereocenters. The average Bonchev–Trinajstić information content (AvgIpc) is 3.19. The standard InChI is InChI=1S/C27H36N5O9P/c1-16(2)23(33)40-22-20(39-25(27(22,6)15-28)32-13-12-21(29)30-26(32)35)14-37-42(36,41-19-10-8-7-9-11-19)31-18(5)24(34)38-17(3)4/h7-13,16-18,20,22,25H,14H2,1-6H3,(H,31,36)(H2,29,30,35)/t18-,20?,22+,25+,27+,42?/m0/s1. The highest BCUT2D eigenvalue weighted by Gasteiger charge is 2.58.